The van der Waals surface area contributed by atoms with E-state index in [0.29, 0.717) is 11.5 Å². The third-order valence-corrected chi connectivity index (χ3v) is 2.14. The van der Waals surface area contributed by atoms with E-state index in [1.807, 2.05) is 13.0 Å². The number of rotatable bonds is 4. The van der Waals surface area contributed by atoms with Crippen molar-refractivity contribution >= 4 is 5.78 Å². The smallest absolute Gasteiger partial charge is 0.170 e. The van der Waals surface area contributed by atoms with Crippen LogP contribution in [0.25, 0.3) is 0 Å². The van der Waals surface area contributed by atoms with E-state index in [2.05, 4.69) is 24.9 Å². The molecule has 1 rings (SSSR count). The average molecular weight is 203 g/mol. The lowest BCUT2D eigenvalue weighted by atomic mass is 9.99. The molecule has 0 aliphatic rings. The molecule has 0 fully saturated rings. The van der Waals surface area contributed by atoms with Gasteiger partial charge in [0.1, 0.15) is 0 Å². The summed E-state index contributed by atoms with van der Waals surface area (Å²) in [6.45, 7) is 6.10. The first kappa shape index (κ1) is 11.6. The first-order valence-corrected chi connectivity index (χ1v) is 5.24. The van der Waals surface area contributed by atoms with Gasteiger partial charge in [-0.2, -0.15) is 0 Å². The van der Waals surface area contributed by atoms with E-state index < -0.39 is 0 Å². The van der Waals surface area contributed by atoms with Gasteiger partial charge < -0.3 is 0 Å². The molecule has 0 amide bonds. The topological polar surface area (TPSA) is 30.0 Å². The fourth-order valence-corrected chi connectivity index (χ4v) is 1.25. The first-order chi connectivity index (χ1) is 7.11. The summed E-state index contributed by atoms with van der Waals surface area (Å²) in [6, 6.07) is 3.58. The highest BCUT2D eigenvalue weighted by atomic mass is 16.1. The lowest BCUT2D eigenvalue weighted by Crippen LogP contribution is -2.09. The monoisotopic (exact) mass is 203 g/mol. The molecule has 0 saturated heterocycles. The Balaban J connectivity index is 2.69. The van der Waals surface area contributed by atoms with Crippen molar-refractivity contribution in [3.8, 4) is 0 Å². The summed E-state index contributed by atoms with van der Waals surface area (Å²) in [4.78, 5) is 15.8. The molecule has 0 bridgehead atoms. The number of carbonyl (C=O) groups is 1. The molecule has 80 valence electrons. The van der Waals surface area contributed by atoms with E-state index in [1.165, 1.54) is 0 Å². The molecular weight excluding hydrogens is 186 g/mol. The van der Waals surface area contributed by atoms with Gasteiger partial charge in [0.25, 0.3) is 0 Å². The summed E-state index contributed by atoms with van der Waals surface area (Å²) < 4.78 is 0. The Morgan fingerprint density at radius 3 is 2.60 bits per heavy atom. The highest BCUT2D eigenvalue weighted by Gasteiger charge is 2.11. The predicted molar refractivity (Wildman–Crippen MR) is 61.7 cm³/mol. The third kappa shape index (κ3) is 3.66. The number of allylic oxidation sites excluding steroid dienone is 2. The molecule has 0 radical (unpaired) electrons. The molecule has 0 saturated carbocycles. The van der Waals surface area contributed by atoms with E-state index in [4.69, 9.17) is 0 Å². The van der Waals surface area contributed by atoms with Gasteiger partial charge in [-0.1, -0.05) is 32.9 Å². The van der Waals surface area contributed by atoms with Crippen LogP contribution in [0.5, 0.6) is 0 Å². The van der Waals surface area contributed by atoms with Crippen LogP contribution in [0.4, 0.5) is 0 Å². The van der Waals surface area contributed by atoms with Gasteiger partial charge in [-0.25, -0.2) is 0 Å². The molecular formula is C13H17NO. The van der Waals surface area contributed by atoms with Gasteiger partial charge in [0.2, 0.25) is 0 Å². The molecule has 2 nitrogen and oxygen atoms in total. The van der Waals surface area contributed by atoms with Crippen LogP contribution in [0.1, 0.15) is 31.1 Å². The second kappa shape index (κ2) is 5.44. The van der Waals surface area contributed by atoms with Crippen molar-refractivity contribution in [3.63, 3.8) is 0 Å². The summed E-state index contributed by atoms with van der Waals surface area (Å²) in [7, 11) is 0. The summed E-state index contributed by atoms with van der Waals surface area (Å²) >= 11 is 0. The lowest BCUT2D eigenvalue weighted by Gasteiger charge is -2.05. The summed E-state index contributed by atoms with van der Waals surface area (Å²) in [6.07, 6.45) is 7.30. The quantitative estimate of drug-likeness (QED) is 0.556. The van der Waals surface area contributed by atoms with Crippen molar-refractivity contribution in [1.29, 1.82) is 0 Å². The Hall–Kier alpha value is -1.44. The Morgan fingerprint density at radius 2 is 2.07 bits per heavy atom. The molecule has 0 aromatic carbocycles. The first-order valence-electron chi connectivity index (χ1n) is 5.24. The largest absolute Gasteiger partial charge is 0.293 e. The number of carbonyl (C=O) groups excluding carboxylic acids is 1. The van der Waals surface area contributed by atoms with Crippen LogP contribution < -0.4 is 0 Å². The average Bonchev–Trinajstić information content (AvgIpc) is 2.26. The van der Waals surface area contributed by atoms with E-state index in [9.17, 15) is 4.79 Å². The molecule has 1 heterocycles. The van der Waals surface area contributed by atoms with Gasteiger partial charge in [0, 0.05) is 23.9 Å². The molecule has 0 unspecified atom stereocenters. The van der Waals surface area contributed by atoms with E-state index in [1.54, 1.807) is 24.5 Å². The van der Waals surface area contributed by atoms with E-state index in [-0.39, 0.29) is 11.7 Å². The summed E-state index contributed by atoms with van der Waals surface area (Å²) in [5.74, 6) is 0.533. The van der Waals surface area contributed by atoms with Crippen molar-refractivity contribution in [3.05, 3.63) is 42.2 Å². The van der Waals surface area contributed by atoms with Crippen LogP contribution in [0.3, 0.4) is 0 Å². The predicted octanol–water partition coefficient (Wildman–Crippen LogP) is 3.11. The zero-order valence-electron chi connectivity index (χ0n) is 9.47. The van der Waals surface area contributed by atoms with Crippen LogP contribution in [-0.2, 0) is 0 Å². The van der Waals surface area contributed by atoms with E-state index in [0.717, 1.165) is 0 Å². The number of pyridine rings is 1. The molecule has 1 aromatic heterocycles. The lowest BCUT2D eigenvalue weighted by molar-refractivity contribution is 0.0952. The van der Waals surface area contributed by atoms with Gasteiger partial charge in [-0.15, -0.1) is 0 Å². The van der Waals surface area contributed by atoms with Gasteiger partial charge in [-0.05, 0) is 18.1 Å². The molecule has 1 atom stereocenters. The zero-order valence-corrected chi connectivity index (χ0v) is 9.47. The number of aromatic nitrogens is 1. The van der Waals surface area contributed by atoms with Crippen molar-refractivity contribution in [1.82, 2.24) is 4.98 Å². The van der Waals surface area contributed by atoms with Gasteiger partial charge in [-0.3, -0.25) is 9.78 Å². The molecule has 15 heavy (non-hydrogen) atoms. The maximum absolute atomic E-state index is 11.9. The minimum absolute atomic E-state index is 0.0726. The minimum Gasteiger partial charge on any atom is -0.293 e. The van der Waals surface area contributed by atoms with Crippen LogP contribution in [0, 0.1) is 11.8 Å². The Labute approximate surface area is 91.0 Å². The zero-order chi connectivity index (χ0) is 11.3. The molecule has 0 N–H and O–H groups in total. The molecule has 2 heteroatoms. The van der Waals surface area contributed by atoms with Crippen LogP contribution >= 0.6 is 0 Å². The highest BCUT2D eigenvalue weighted by Crippen LogP contribution is 2.10. The Morgan fingerprint density at radius 1 is 1.33 bits per heavy atom. The van der Waals surface area contributed by atoms with Crippen LogP contribution in [-0.4, -0.2) is 10.8 Å². The maximum atomic E-state index is 11.9. The Bertz CT molecular complexity index is 341. The Kier molecular flexibility index (Phi) is 4.22. The normalized spacial score (nSPS) is 13.3. The minimum atomic E-state index is -0.0726. The fraction of sp³-hybridized carbons (Fsp3) is 0.385. The van der Waals surface area contributed by atoms with Crippen molar-refractivity contribution in [2.75, 3.05) is 0 Å². The second-order valence-electron chi connectivity index (χ2n) is 4.02. The summed E-state index contributed by atoms with van der Waals surface area (Å²) in [5, 5.41) is 0. The van der Waals surface area contributed by atoms with Crippen LogP contribution in [0.2, 0.25) is 0 Å². The molecule has 0 aliphatic heterocycles. The third-order valence-electron chi connectivity index (χ3n) is 2.14. The number of nitrogens with zero attached hydrogens (tertiary/aromatic N) is 1. The van der Waals surface area contributed by atoms with Crippen molar-refractivity contribution in [2.24, 2.45) is 11.8 Å². The van der Waals surface area contributed by atoms with Gasteiger partial charge in [0.15, 0.2) is 5.78 Å². The molecule has 0 aliphatic carbocycles. The maximum Gasteiger partial charge on any atom is 0.170 e. The van der Waals surface area contributed by atoms with Crippen LogP contribution in [0.15, 0.2) is 36.7 Å². The standard InChI is InChI=1S/C13H17NO/c1-10(2)6-7-11(3)13(15)12-5-4-8-14-9-12/h4-11H,1-3H3/b7-6+/t11-/m1/s1. The van der Waals surface area contributed by atoms with Crippen molar-refractivity contribution in [2.45, 2.75) is 20.8 Å². The highest BCUT2D eigenvalue weighted by molar-refractivity contribution is 5.98. The SMILES string of the molecule is CC(C)/C=C/[C@@H](C)C(=O)c1cccnc1. The van der Waals surface area contributed by atoms with Gasteiger partial charge in [0.05, 0.1) is 0 Å². The fourth-order valence-electron chi connectivity index (χ4n) is 1.25. The second-order valence-corrected chi connectivity index (χ2v) is 4.02. The van der Waals surface area contributed by atoms with Crippen molar-refractivity contribution < 1.29 is 4.79 Å². The van der Waals surface area contributed by atoms with E-state index >= 15 is 0 Å². The van der Waals surface area contributed by atoms with Gasteiger partial charge >= 0.3 is 0 Å². The summed E-state index contributed by atoms with van der Waals surface area (Å²) in [5.41, 5.74) is 0.679. The number of Topliss-reactive ketones (excluding diaryl/α,β-unsaturated/α-hetero) is 1. The number of hydrogen-bond acceptors (Lipinski definition) is 2. The number of hydrogen-bond donors (Lipinski definition) is 0. The molecule has 0 spiro atoms. The molecule has 1 aromatic rings. The number of ketones is 1.